The molecule has 21 heavy (non-hydrogen) atoms. The molecule has 116 valence electrons. The minimum absolute atomic E-state index is 0.136. The Morgan fingerprint density at radius 3 is 2.43 bits per heavy atom. The Bertz CT molecular complexity index is 461. The Balaban J connectivity index is 2.49. The van der Waals surface area contributed by atoms with Crippen LogP contribution >= 0.6 is 0 Å². The highest BCUT2D eigenvalue weighted by molar-refractivity contribution is 5.69. The summed E-state index contributed by atoms with van der Waals surface area (Å²) in [7, 11) is 0. The normalized spacial score (nSPS) is 13.1. The van der Waals surface area contributed by atoms with Crippen LogP contribution < -0.4 is 5.32 Å². The van der Waals surface area contributed by atoms with Crippen molar-refractivity contribution in [2.75, 3.05) is 6.61 Å². The number of amides is 1. The Morgan fingerprint density at radius 1 is 1.19 bits per heavy atom. The predicted molar refractivity (Wildman–Crippen MR) is 79.7 cm³/mol. The van der Waals surface area contributed by atoms with Crippen LogP contribution in [-0.2, 0) is 20.9 Å². The monoisotopic (exact) mass is 293 g/mol. The lowest BCUT2D eigenvalue weighted by Crippen LogP contribution is -2.49. The van der Waals surface area contributed by atoms with E-state index in [1.807, 2.05) is 44.2 Å². The number of hydrogen-bond acceptors (Lipinski definition) is 4. The van der Waals surface area contributed by atoms with Gasteiger partial charge < -0.3 is 14.8 Å². The molecular formula is C16H23NO4. The standard InChI is InChI=1S/C16H23NO4/c1-4-10-16(3,12-21-13(2)18)17-15(19)20-11-14-8-6-5-7-9-14/h5-9H,4,10-12H2,1-3H3,(H,17,19). The molecular weight excluding hydrogens is 270 g/mol. The molecule has 1 aromatic rings. The van der Waals surface area contributed by atoms with E-state index in [4.69, 9.17) is 9.47 Å². The van der Waals surface area contributed by atoms with Crippen molar-refractivity contribution in [3.63, 3.8) is 0 Å². The van der Waals surface area contributed by atoms with Gasteiger partial charge in [-0.3, -0.25) is 4.79 Å². The van der Waals surface area contributed by atoms with Gasteiger partial charge in [0.1, 0.15) is 13.2 Å². The van der Waals surface area contributed by atoms with Gasteiger partial charge in [0.2, 0.25) is 0 Å². The van der Waals surface area contributed by atoms with E-state index in [0.29, 0.717) is 6.42 Å². The second-order valence-electron chi connectivity index (χ2n) is 5.28. The van der Waals surface area contributed by atoms with Crippen molar-refractivity contribution in [3.05, 3.63) is 35.9 Å². The van der Waals surface area contributed by atoms with Crippen molar-refractivity contribution in [1.82, 2.24) is 5.32 Å². The Kier molecular flexibility index (Phi) is 6.72. The molecule has 0 aromatic heterocycles. The third-order valence-corrected chi connectivity index (χ3v) is 3.01. The Labute approximate surface area is 125 Å². The van der Waals surface area contributed by atoms with Crippen molar-refractivity contribution in [1.29, 1.82) is 0 Å². The SMILES string of the molecule is CCCC(C)(COC(C)=O)NC(=O)OCc1ccccc1. The third-order valence-electron chi connectivity index (χ3n) is 3.01. The van der Waals surface area contributed by atoms with Crippen LogP contribution in [0.15, 0.2) is 30.3 Å². The molecule has 0 aliphatic carbocycles. The van der Waals surface area contributed by atoms with Crippen LogP contribution in [0.4, 0.5) is 4.79 Å². The molecule has 1 N–H and O–H groups in total. The van der Waals surface area contributed by atoms with E-state index in [1.54, 1.807) is 0 Å². The van der Waals surface area contributed by atoms with Crippen molar-refractivity contribution in [3.8, 4) is 0 Å². The first-order valence-corrected chi connectivity index (χ1v) is 7.07. The maximum Gasteiger partial charge on any atom is 0.408 e. The largest absolute Gasteiger partial charge is 0.463 e. The molecule has 0 bridgehead atoms. The molecule has 1 unspecified atom stereocenters. The van der Waals surface area contributed by atoms with Gasteiger partial charge >= 0.3 is 12.1 Å². The second-order valence-corrected chi connectivity index (χ2v) is 5.28. The third kappa shape index (κ3) is 6.79. The van der Waals surface area contributed by atoms with E-state index in [0.717, 1.165) is 12.0 Å². The molecule has 0 aliphatic heterocycles. The fourth-order valence-electron chi connectivity index (χ4n) is 1.99. The molecule has 0 saturated heterocycles. The fourth-order valence-corrected chi connectivity index (χ4v) is 1.99. The van der Waals surface area contributed by atoms with Gasteiger partial charge in [0.05, 0.1) is 5.54 Å². The van der Waals surface area contributed by atoms with Crippen molar-refractivity contribution in [2.45, 2.75) is 45.8 Å². The molecule has 0 saturated carbocycles. The van der Waals surface area contributed by atoms with Crippen LogP contribution in [0.2, 0.25) is 0 Å². The average molecular weight is 293 g/mol. The smallest absolute Gasteiger partial charge is 0.408 e. The first kappa shape index (κ1) is 17.0. The molecule has 5 nitrogen and oxygen atoms in total. The van der Waals surface area contributed by atoms with E-state index in [2.05, 4.69) is 5.32 Å². The number of carbonyl (C=O) groups is 2. The number of rotatable bonds is 7. The maximum absolute atomic E-state index is 11.9. The Morgan fingerprint density at radius 2 is 1.86 bits per heavy atom. The highest BCUT2D eigenvalue weighted by atomic mass is 16.6. The van der Waals surface area contributed by atoms with Crippen molar-refractivity contribution < 1.29 is 19.1 Å². The topological polar surface area (TPSA) is 64.6 Å². The number of ether oxygens (including phenoxy) is 2. The van der Waals surface area contributed by atoms with Crippen LogP contribution in [0.5, 0.6) is 0 Å². The quantitative estimate of drug-likeness (QED) is 0.785. The Hall–Kier alpha value is -2.04. The highest BCUT2D eigenvalue weighted by Gasteiger charge is 2.27. The van der Waals surface area contributed by atoms with Gasteiger partial charge in [-0.2, -0.15) is 0 Å². The molecule has 1 rings (SSSR count). The number of carbonyl (C=O) groups excluding carboxylic acids is 2. The van der Waals surface area contributed by atoms with Gasteiger partial charge in [-0.15, -0.1) is 0 Å². The second kappa shape index (κ2) is 8.29. The van der Waals surface area contributed by atoms with Crippen LogP contribution in [0, 0.1) is 0 Å². The number of hydrogen-bond donors (Lipinski definition) is 1. The molecule has 0 radical (unpaired) electrons. The van der Waals surface area contributed by atoms with Crippen molar-refractivity contribution in [2.24, 2.45) is 0 Å². The zero-order valence-electron chi connectivity index (χ0n) is 12.8. The molecule has 1 atom stereocenters. The van der Waals surface area contributed by atoms with Crippen LogP contribution in [0.25, 0.3) is 0 Å². The predicted octanol–water partition coefficient (Wildman–Crippen LogP) is 3.03. The summed E-state index contributed by atoms with van der Waals surface area (Å²) in [4.78, 5) is 22.8. The molecule has 0 spiro atoms. The van der Waals surface area contributed by atoms with Crippen molar-refractivity contribution >= 4 is 12.1 Å². The molecule has 1 amide bonds. The maximum atomic E-state index is 11.9. The van der Waals surface area contributed by atoms with Gasteiger partial charge in [0.15, 0.2) is 0 Å². The van der Waals surface area contributed by atoms with Crippen LogP contribution in [-0.4, -0.2) is 24.2 Å². The molecule has 1 aromatic carbocycles. The van der Waals surface area contributed by atoms with Crippen LogP contribution in [0.1, 0.15) is 39.2 Å². The van der Waals surface area contributed by atoms with Gasteiger partial charge in [-0.1, -0.05) is 43.7 Å². The summed E-state index contributed by atoms with van der Waals surface area (Å²) in [5.74, 6) is -0.364. The summed E-state index contributed by atoms with van der Waals surface area (Å²) in [5.41, 5.74) is 0.304. The first-order valence-electron chi connectivity index (χ1n) is 7.07. The number of benzene rings is 1. The zero-order valence-corrected chi connectivity index (χ0v) is 12.8. The first-order chi connectivity index (χ1) is 9.95. The number of nitrogens with one attached hydrogen (secondary N) is 1. The molecule has 5 heteroatoms. The fraction of sp³-hybridized carbons (Fsp3) is 0.500. The summed E-state index contributed by atoms with van der Waals surface area (Å²) in [6.07, 6.45) is 1.04. The van der Waals surface area contributed by atoms with E-state index < -0.39 is 11.6 Å². The van der Waals surface area contributed by atoms with Gasteiger partial charge in [-0.05, 0) is 18.9 Å². The highest BCUT2D eigenvalue weighted by Crippen LogP contribution is 2.14. The van der Waals surface area contributed by atoms with E-state index in [9.17, 15) is 9.59 Å². The minimum atomic E-state index is -0.617. The van der Waals surface area contributed by atoms with Gasteiger partial charge in [0, 0.05) is 6.92 Å². The van der Waals surface area contributed by atoms with E-state index in [1.165, 1.54) is 6.92 Å². The summed E-state index contributed by atoms with van der Waals surface area (Å²) in [6, 6.07) is 9.45. The lowest BCUT2D eigenvalue weighted by molar-refractivity contribution is -0.143. The zero-order chi connectivity index (χ0) is 15.7. The summed E-state index contributed by atoms with van der Waals surface area (Å²) in [5, 5.41) is 2.78. The summed E-state index contributed by atoms with van der Waals surface area (Å²) < 4.78 is 10.2. The lowest BCUT2D eigenvalue weighted by Gasteiger charge is -2.29. The molecule has 0 fully saturated rings. The molecule has 0 aliphatic rings. The van der Waals surface area contributed by atoms with Gasteiger partial charge in [-0.25, -0.2) is 4.79 Å². The van der Waals surface area contributed by atoms with Gasteiger partial charge in [0.25, 0.3) is 0 Å². The summed E-state index contributed by atoms with van der Waals surface area (Å²) >= 11 is 0. The van der Waals surface area contributed by atoms with E-state index >= 15 is 0 Å². The minimum Gasteiger partial charge on any atom is -0.463 e. The molecule has 0 heterocycles. The van der Waals surface area contributed by atoms with Crippen LogP contribution in [0.3, 0.4) is 0 Å². The number of alkyl carbamates (subject to hydrolysis) is 1. The average Bonchev–Trinajstić information content (AvgIpc) is 2.44. The van der Waals surface area contributed by atoms with E-state index in [-0.39, 0.29) is 19.2 Å². The summed E-state index contributed by atoms with van der Waals surface area (Å²) in [6.45, 7) is 5.53. The lowest BCUT2D eigenvalue weighted by atomic mass is 9.97. The number of esters is 1.